The molecular weight excluding hydrogens is 355 g/mol. The van der Waals surface area contributed by atoms with Crippen LogP contribution in [0, 0.1) is 5.82 Å². The number of fused-ring (bicyclic) bond motifs is 1. The maximum Gasteiger partial charge on any atom is 0.255 e. The number of rotatable bonds is 4. The predicted molar refractivity (Wildman–Crippen MR) is 107 cm³/mol. The van der Waals surface area contributed by atoms with E-state index in [0.717, 1.165) is 0 Å². The summed E-state index contributed by atoms with van der Waals surface area (Å²) in [4.78, 5) is 13.9. The van der Waals surface area contributed by atoms with Gasteiger partial charge in [-0.3, -0.25) is 4.79 Å². The Kier molecular flexibility index (Phi) is 4.61. The molecular formula is C22H19FN4O. The zero-order chi connectivity index (χ0) is 19.7. The van der Waals surface area contributed by atoms with Crippen LogP contribution in [0.2, 0.25) is 0 Å². The van der Waals surface area contributed by atoms with Crippen LogP contribution in [-0.4, -0.2) is 20.9 Å². The first-order chi connectivity index (χ1) is 13.5. The summed E-state index contributed by atoms with van der Waals surface area (Å²) in [6, 6.07) is 18.9. The summed E-state index contributed by atoms with van der Waals surface area (Å²) >= 11 is 0. The van der Waals surface area contributed by atoms with Crippen molar-refractivity contribution in [1.29, 1.82) is 0 Å². The van der Waals surface area contributed by atoms with E-state index in [1.54, 1.807) is 30.3 Å². The summed E-state index contributed by atoms with van der Waals surface area (Å²) in [5, 5.41) is 11.7. The molecule has 0 aliphatic heterocycles. The molecule has 0 aliphatic rings. The van der Waals surface area contributed by atoms with Crippen molar-refractivity contribution in [3.05, 3.63) is 83.7 Å². The van der Waals surface area contributed by atoms with E-state index in [0.29, 0.717) is 33.9 Å². The number of hydrogen-bond acceptors (Lipinski definition) is 3. The van der Waals surface area contributed by atoms with Gasteiger partial charge in [0.25, 0.3) is 5.91 Å². The maximum atomic E-state index is 13.1. The number of benzene rings is 3. The highest BCUT2D eigenvalue weighted by molar-refractivity contribution is 6.04. The van der Waals surface area contributed by atoms with E-state index >= 15 is 0 Å². The third-order valence-corrected chi connectivity index (χ3v) is 4.54. The molecule has 0 unspecified atom stereocenters. The van der Waals surface area contributed by atoms with Gasteiger partial charge in [0, 0.05) is 11.3 Å². The lowest BCUT2D eigenvalue weighted by Gasteiger charge is -2.08. The first-order valence-electron chi connectivity index (χ1n) is 9.04. The fourth-order valence-corrected chi connectivity index (χ4v) is 2.90. The van der Waals surface area contributed by atoms with E-state index in [2.05, 4.69) is 29.4 Å². The molecule has 0 aliphatic carbocycles. The van der Waals surface area contributed by atoms with Crippen molar-refractivity contribution in [2.75, 3.05) is 5.32 Å². The van der Waals surface area contributed by atoms with Crippen LogP contribution in [0.3, 0.4) is 0 Å². The second-order valence-corrected chi connectivity index (χ2v) is 6.90. The van der Waals surface area contributed by atoms with Crippen LogP contribution in [0.4, 0.5) is 10.1 Å². The van der Waals surface area contributed by atoms with Gasteiger partial charge in [-0.2, -0.15) is 4.80 Å². The maximum absolute atomic E-state index is 13.1. The molecule has 28 heavy (non-hydrogen) atoms. The summed E-state index contributed by atoms with van der Waals surface area (Å²) in [5.41, 5.74) is 4.40. The van der Waals surface area contributed by atoms with Gasteiger partial charge in [0.05, 0.1) is 5.69 Å². The largest absolute Gasteiger partial charge is 0.322 e. The van der Waals surface area contributed by atoms with Crippen molar-refractivity contribution in [3.8, 4) is 5.69 Å². The highest BCUT2D eigenvalue weighted by atomic mass is 19.1. The van der Waals surface area contributed by atoms with Gasteiger partial charge in [0.1, 0.15) is 16.9 Å². The third-order valence-electron chi connectivity index (χ3n) is 4.54. The Morgan fingerprint density at radius 1 is 0.929 bits per heavy atom. The highest BCUT2D eigenvalue weighted by Gasteiger charge is 2.10. The first-order valence-corrected chi connectivity index (χ1v) is 9.04. The van der Waals surface area contributed by atoms with E-state index in [9.17, 15) is 9.18 Å². The molecule has 0 saturated carbocycles. The second kappa shape index (κ2) is 7.23. The fraction of sp³-hybridized carbons (Fsp3) is 0.136. The molecule has 3 aromatic carbocycles. The van der Waals surface area contributed by atoms with E-state index in [-0.39, 0.29) is 11.7 Å². The van der Waals surface area contributed by atoms with Gasteiger partial charge < -0.3 is 5.32 Å². The Morgan fingerprint density at radius 2 is 1.61 bits per heavy atom. The lowest BCUT2D eigenvalue weighted by molar-refractivity contribution is 0.102. The van der Waals surface area contributed by atoms with Crippen molar-refractivity contribution in [2.45, 2.75) is 19.8 Å². The number of carbonyl (C=O) groups is 1. The quantitative estimate of drug-likeness (QED) is 0.551. The molecule has 5 nitrogen and oxygen atoms in total. The number of nitrogens with zero attached hydrogens (tertiary/aromatic N) is 3. The van der Waals surface area contributed by atoms with Crippen molar-refractivity contribution in [2.24, 2.45) is 0 Å². The first kappa shape index (κ1) is 17.9. The molecule has 0 fully saturated rings. The normalized spacial score (nSPS) is 11.1. The Balaban J connectivity index is 1.55. The van der Waals surface area contributed by atoms with Gasteiger partial charge in [0.2, 0.25) is 0 Å². The van der Waals surface area contributed by atoms with Gasteiger partial charge in [-0.25, -0.2) is 4.39 Å². The predicted octanol–water partition coefficient (Wildman–Crippen LogP) is 4.94. The number of aromatic nitrogens is 3. The van der Waals surface area contributed by atoms with Crippen LogP contribution >= 0.6 is 0 Å². The highest BCUT2D eigenvalue weighted by Crippen LogP contribution is 2.19. The van der Waals surface area contributed by atoms with Crippen molar-refractivity contribution in [1.82, 2.24) is 15.0 Å². The van der Waals surface area contributed by atoms with Gasteiger partial charge in [-0.05, 0) is 66.1 Å². The summed E-state index contributed by atoms with van der Waals surface area (Å²) in [7, 11) is 0. The lowest BCUT2D eigenvalue weighted by atomic mass is 10.0. The van der Waals surface area contributed by atoms with E-state index < -0.39 is 0 Å². The molecule has 0 bridgehead atoms. The average Bonchev–Trinajstić information content (AvgIpc) is 3.12. The molecule has 4 aromatic rings. The number of hydrogen-bond donors (Lipinski definition) is 1. The topological polar surface area (TPSA) is 59.8 Å². The second-order valence-electron chi connectivity index (χ2n) is 6.90. The molecule has 140 valence electrons. The number of anilines is 1. The summed E-state index contributed by atoms with van der Waals surface area (Å²) in [6.45, 7) is 4.23. The van der Waals surface area contributed by atoms with Crippen LogP contribution in [0.5, 0.6) is 0 Å². The molecule has 4 rings (SSSR count). The zero-order valence-electron chi connectivity index (χ0n) is 15.6. The summed E-state index contributed by atoms with van der Waals surface area (Å²) in [5.74, 6) is -0.0734. The van der Waals surface area contributed by atoms with Crippen LogP contribution in [0.25, 0.3) is 16.7 Å². The minimum absolute atomic E-state index is 0.180. The number of nitrogens with one attached hydrogen (secondary N) is 1. The van der Waals surface area contributed by atoms with Gasteiger partial charge in [-0.1, -0.05) is 26.0 Å². The standard InChI is InChI=1S/C22H19FN4O/c1-14(2)15-3-5-16(6-4-15)22(28)24-18-9-12-20-21(13-18)26-27(25-20)19-10-7-17(23)8-11-19/h3-14H,1-2H3,(H,24,28). The minimum Gasteiger partial charge on any atom is -0.322 e. The Labute approximate surface area is 161 Å². The van der Waals surface area contributed by atoms with Crippen molar-refractivity contribution < 1.29 is 9.18 Å². The van der Waals surface area contributed by atoms with Crippen molar-refractivity contribution in [3.63, 3.8) is 0 Å². The van der Waals surface area contributed by atoms with Gasteiger partial charge in [0.15, 0.2) is 0 Å². The molecule has 1 aromatic heterocycles. The minimum atomic E-state index is -0.313. The molecule has 1 N–H and O–H groups in total. The van der Waals surface area contributed by atoms with E-state index in [4.69, 9.17) is 0 Å². The molecule has 1 heterocycles. The van der Waals surface area contributed by atoms with Gasteiger partial charge in [-0.15, -0.1) is 10.2 Å². The van der Waals surface area contributed by atoms with Crippen LogP contribution in [0.1, 0.15) is 35.7 Å². The number of amides is 1. The smallest absolute Gasteiger partial charge is 0.255 e. The molecule has 0 spiro atoms. The fourth-order valence-electron chi connectivity index (χ4n) is 2.90. The third kappa shape index (κ3) is 3.62. The molecule has 6 heteroatoms. The molecule has 1 amide bonds. The van der Waals surface area contributed by atoms with E-state index in [1.165, 1.54) is 22.5 Å². The summed E-state index contributed by atoms with van der Waals surface area (Å²) < 4.78 is 13.1. The van der Waals surface area contributed by atoms with Crippen LogP contribution < -0.4 is 5.32 Å². The Bertz CT molecular complexity index is 1130. The lowest BCUT2D eigenvalue weighted by Crippen LogP contribution is -2.11. The average molecular weight is 374 g/mol. The number of halogens is 1. The Morgan fingerprint density at radius 3 is 2.29 bits per heavy atom. The molecule has 0 saturated heterocycles. The zero-order valence-corrected chi connectivity index (χ0v) is 15.6. The van der Waals surface area contributed by atoms with Crippen LogP contribution in [0.15, 0.2) is 66.7 Å². The van der Waals surface area contributed by atoms with E-state index in [1.807, 2.05) is 24.3 Å². The monoisotopic (exact) mass is 374 g/mol. The number of carbonyl (C=O) groups excluding carboxylic acids is 1. The van der Waals surface area contributed by atoms with Crippen molar-refractivity contribution >= 4 is 22.6 Å². The Hall–Kier alpha value is -3.54. The SMILES string of the molecule is CC(C)c1ccc(C(=O)Nc2ccc3nn(-c4ccc(F)cc4)nc3c2)cc1. The summed E-state index contributed by atoms with van der Waals surface area (Å²) in [6.07, 6.45) is 0. The molecule has 0 atom stereocenters. The van der Waals surface area contributed by atoms with Crippen LogP contribution in [-0.2, 0) is 0 Å². The molecule has 0 radical (unpaired) electrons. The van der Waals surface area contributed by atoms with Gasteiger partial charge >= 0.3 is 0 Å².